The van der Waals surface area contributed by atoms with Crippen LogP contribution >= 0.6 is 15.9 Å². The Balaban J connectivity index is 3.00. The minimum absolute atomic E-state index is 1.37. The molecule has 0 atom stereocenters. The molecule has 0 unspecified atom stereocenters. The van der Waals surface area contributed by atoms with Gasteiger partial charge in [0.2, 0.25) is 5.95 Å². The maximum Gasteiger partial charge on any atom is 0.459 e. The topological polar surface area (TPSA) is 17.8 Å². The number of nitrogens with zero attached hydrogens (tertiary/aromatic N) is 2. The van der Waals surface area contributed by atoms with Crippen LogP contribution in [0.5, 0.6) is 0 Å². The first-order valence-corrected chi connectivity index (χ1v) is 7.06. The Kier molecular flexibility index (Phi) is 5.19. The third kappa shape index (κ3) is 3.20. The van der Waals surface area contributed by atoms with Crippen molar-refractivity contribution >= 4 is 15.9 Å². The standard InChI is InChI=1S/C12BrF13N2/c13-2-3(14)5(16)7(6(17)4(2)15)28-9(18)1(11(21,22)23)8(27-28)10(19,20)12(24,25)26. The zero-order valence-corrected chi connectivity index (χ0v) is 13.8. The van der Waals surface area contributed by atoms with Gasteiger partial charge in [0.15, 0.2) is 29.0 Å². The van der Waals surface area contributed by atoms with E-state index in [0.717, 1.165) is 0 Å². The summed E-state index contributed by atoms with van der Waals surface area (Å²) in [5, 5.41) is 1.94. The van der Waals surface area contributed by atoms with Crippen molar-refractivity contribution in [2.75, 3.05) is 0 Å². The fourth-order valence-corrected chi connectivity index (χ4v) is 2.28. The van der Waals surface area contributed by atoms with Gasteiger partial charge in [-0.15, -0.1) is 0 Å². The summed E-state index contributed by atoms with van der Waals surface area (Å²) < 4.78 is 168. The summed E-state index contributed by atoms with van der Waals surface area (Å²) in [6, 6.07) is 0. The summed E-state index contributed by atoms with van der Waals surface area (Å²) in [6.07, 6.45) is -13.0. The first kappa shape index (κ1) is 22.3. The Hall–Kier alpha value is -2.00. The maximum atomic E-state index is 14.0. The van der Waals surface area contributed by atoms with Gasteiger partial charge in [-0.3, -0.25) is 0 Å². The number of halogens is 14. The molecule has 2 rings (SSSR count). The third-order valence-electron chi connectivity index (χ3n) is 3.16. The first-order chi connectivity index (χ1) is 12.4. The fraction of sp³-hybridized carbons (Fsp3) is 0.250. The molecule has 1 aromatic carbocycles. The van der Waals surface area contributed by atoms with Crippen molar-refractivity contribution in [2.24, 2.45) is 0 Å². The second-order valence-corrected chi connectivity index (χ2v) is 5.71. The van der Waals surface area contributed by atoms with Gasteiger partial charge in [0.05, 0.1) is 4.47 Å². The van der Waals surface area contributed by atoms with Crippen LogP contribution in [0.15, 0.2) is 4.47 Å². The van der Waals surface area contributed by atoms with E-state index in [1.807, 2.05) is 21.0 Å². The normalized spacial score (nSPS) is 13.4. The molecule has 0 radical (unpaired) electrons. The molecule has 0 aliphatic carbocycles. The molecule has 0 saturated carbocycles. The average Bonchev–Trinajstić information content (AvgIpc) is 2.88. The Morgan fingerprint density at radius 1 is 0.714 bits per heavy atom. The summed E-state index contributed by atoms with van der Waals surface area (Å²) in [5.74, 6) is -19.5. The number of aromatic nitrogens is 2. The molecule has 0 aliphatic rings. The predicted octanol–water partition coefficient (Wildman–Crippen LogP) is 6.00. The molecule has 1 heterocycles. The van der Waals surface area contributed by atoms with Gasteiger partial charge in [0, 0.05) is 0 Å². The van der Waals surface area contributed by atoms with Gasteiger partial charge < -0.3 is 0 Å². The minimum Gasteiger partial charge on any atom is -0.202 e. The van der Waals surface area contributed by atoms with Crippen molar-refractivity contribution in [1.82, 2.24) is 9.78 Å². The van der Waals surface area contributed by atoms with Gasteiger partial charge in [-0.1, -0.05) is 0 Å². The summed E-state index contributed by atoms with van der Waals surface area (Å²) in [6.45, 7) is 0. The molecule has 0 amide bonds. The van der Waals surface area contributed by atoms with Crippen LogP contribution < -0.4 is 0 Å². The molecule has 1 aromatic heterocycles. The van der Waals surface area contributed by atoms with Crippen molar-refractivity contribution in [1.29, 1.82) is 0 Å². The first-order valence-electron chi connectivity index (χ1n) is 6.27. The van der Waals surface area contributed by atoms with Gasteiger partial charge in [-0.2, -0.15) is 49.3 Å². The molecule has 0 saturated heterocycles. The Morgan fingerprint density at radius 3 is 1.50 bits per heavy atom. The summed E-state index contributed by atoms with van der Waals surface area (Å²) >= 11 is 2.01. The van der Waals surface area contributed by atoms with Crippen LogP contribution in [0.4, 0.5) is 57.1 Å². The molecule has 0 spiro atoms. The average molecular weight is 499 g/mol. The lowest BCUT2D eigenvalue weighted by Crippen LogP contribution is -2.36. The van der Waals surface area contributed by atoms with Crippen LogP contribution in [0.2, 0.25) is 0 Å². The number of hydrogen-bond donors (Lipinski definition) is 0. The van der Waals surface area contributed by atoms with Crippen molar-refractivity contribution in [3.8, 4) is 5.69 Å². The predicted molar refractivity (Wildman–Crippen MR) is 66.0 cm³/mol. The summed E-state index contributed by atoms with van der Waals surface area (Å²) in [4.78, 5) is 0. The zero-order valence-electron chi connectivity index (χ0n) is 12.2. The van der Waals surface area contributed by atoms with Crippen molar-refractivity contribution in [3.05, 3.63) is 44.9 Å². The van der Waals surface area contributed by atoms with Crippen LogP contribution in [0.1, 0.15) is 11.3 Å². The smallest absolute Gasteiger partial charge is 0.202 e. The highest BCUT2D eigenvalue weighted by atomic mass is 79.9. The third-order valence-corrected chi connectivity index (χ3v) is 3.86. The maximum absolute atomic E-state index is 14.0. The Labute approximate surface area is 152 Å². The van der Waals surface area contributed by atoms with Crippen LogP contribution in [0.25, 0.3) is 5.69 Å². The second-order valence-electron chi connectivity index (χ2n) is 4.91. The molecule has 16 heteroatoms. The molecule has 0 aliphatic heterocycles. The van der Waals surface area contributed by atoms with E-state index in [4.69, 9.17) is 0 Å². The number of benzene rings is 1. The van der Waals surface area contributed by atoms with E-state index in [9.17, 15) is 57.1 Å². The lowest BCUT2D eigenvalue weighted by atomic mass is 10.1. The number of hydrogen-bond acceptors (Lipinski definition) is 1. The van der Waals surface area contributed by atoms with E-state index in [1.165, 1.54) is 0 Å². The van der Waals surface area contributed by atoms with Crippen molar-refractivity contribution in [2.45, 2.75) is 18.3 Å². The molecular formula is C12BrF13N2. The molecule has 2 nitrogen and oxygen atoms in total. The van der Waals surface area contributed by atoms with Gasteiger partial charge in [0.1, 0.15) is 11.3 Å². The lowest BCUT2D eigenvalue weighted by molar-refractivity contribution is -0.292. The Bertz CT molecular complexity index is 912. The van der Waals surface area contributed by atoms with E-state index in [2.05, 4.69) is 0 Å². The van der Waals surface area contributed by atoms with Gasteiger partial charge in [-0.25, -0.2) is 17.6 Å². The van der Waals surface area contributed by atoms with Gasteiger partial charge in [0.25, 0.3) is 0 Å². The van der Waals surface area contributed by atoms with Gasteiger partial charge >= 0.3 is 18.3 Å². The number of alkyl halides is 8. The van der Waals surface area contributed by atoms with E-state index in [1.54, 1.807) is 0 Å². The lowest BCUT2D eigenvalue weighted by Gasteiger charge is -2.19. The molecule has 156 valence electrons. The van der Waals surface area contributed by atoms with Crippen LogP contribution in [-0.4, -0.2) is 16.0 Å². The van der Waals surface area contributed by atoms with Crippen LogP contribution in [0.3, 0.4) is 0 Å². The van der Waals surface area contributed by atoms with Crippen molar-refractivity contribution < 1.29 is 57.1 Å². The number of rotatable bonds is 2. The molecule has 0 bridgehead atoms. The van der Waals surface area contributed by atoms with E-state index < -0.39 is 73.6 Å². The zero-order chi connectivity index (χ0) is 22.0. The summed E-state index contributed by atoms with van der Waals surface area (Å²) in [7, 11) is 0. The SMILES string of the molecule is Fc1c(F)c(-n2nc(C(F)(F)C(F)(F)F)c(C(F)(F)F)c2F)c(F)c(F)c1Br. The van der Waals surface area contributed by atoms with E-state index >= 15 is 0 Å². The highest BCUT2D eigenvalue weighted by molar-refractivity contribution is 9.10. The molecular weight excluding hydrogens is 499 g/mol. The Morgan fingerprint density at radius 2 is 1.14 bits per heavy atom. The summed E-state index contributed by atoms with van der Waals surface area (Å²) in [5.41, 5.74) is -9.07. The highest BCUT2D eigenvalue weighted by Gasteiger charge is 2.64. The molecule has 0 N–H and O–H groups in total. The van der Waals surface area contributed by atoms with E-state index in [-0.39, 0.29) is 0 Å². The van der Waals surface area contributed by atoms with Crippen molar-refractivity contribution in [3.63, 3.8) is 0 Å². The molecule has 0 fully saturated rings. The fourth-order valence-electron chi connectivity index (χ4n) is 1.93. The quantitative estimate of drug-likeness (QED) is 0.282. The van der Waals surface area contributed by atoms with Gasteiger partial charge in [-0.05, 0) is 15.9 Å². The second kappa shape index (κ2) is 6.52. The minimum atomic E-state index is -6.73. The van der Waals surface area contributed by atoms with E-state index in [0.29, 0.717) is 0 Å². The van der Waals surface area contributed by atoms with Crippen LogP contribution in [0, 0.1) is 29.2 Å². The largest absolute Gasteiger partial charge is 0.459 e. The molecule has 28 heavy (non-hydrogen) atoms. The molecule has 2 aromatic rings. The highest BCUT2D eigenvalue weighted by Crippen LogP contribution is 2.49. The van der Waals surface area contributed by atoms with Crippen LogP contribution in [-0.2, 0) is 12.1 Å². The monoisotopic (exact) mass is 498 g/mol.